The first-order valence-electron chi connectivity index (χ1n) is 6.42. The fourth-order valence-electron chi connectivity index (χ4n) is 2.68. The van der Waals surface area contributed by atoms with Crippen LogP contribution < -0.4 is 5.73 Å². The van der Waals surface area contributed by atoms with Gasteiger partial charge >= 0.3 is 0 Å². The number of rotatable bonds is 3. The monoisotopic (exact) mass is 217 g/mol. The molecule has 0 radical (unpaired) electrons. The smallest absolute Gasteiger partial charge is 0.115 e. The molecule has 3 nitrogen and oxygen atoms in total. The molecule has 2 aliphatic carbocycles. The molecule has 1 aromatic heterocycles. The Morgan fingerprint density at radius 1 is 1.25 bits per heavy atom. The summed E-state index contributed by atoms with van der Waals surface area (Å²) < 4.78 is 0. The number of hydrogen-bond donors (Lipinski definition) is 1. The molecular weight excluding hydrogens is 198 g/mol. The zero-order chi connectivity index (χ0) is 11.0. The summed E-state index contributed by atoms with van der Waals surface area (Å²) in [5, 5.41) is 0. The Hall–Kier alpha value is -0.960. The maximum atomic E-state index is 6.18. The molecule has 1 heterocycles. The fourth-order valence-corrected chi connectivity index (χ4v) is 2.68. The SMILES string of the molecule is NC(Cc1ncnc2c1CCCC2)C1CC1. The molecule has 1 fully saturated rings. The average molecular weight is 217 g/mol. The third kappa shape index (κ3) is 1.96. The zero-order valence-electron chi connectivity index (χ0n) is 9.65. The molecule has 2 N–H and O–H groups in total. The fraction of sp³-hybridized carbons (Fsp3) is 0.692. The first-order valence-corrected chi connectivity index (χ1v) is 6.42. The molecule has 1 saturated carbocycles. The molecule has 0 aromatic carbocycles. The first-order chi connectivity index (χ1) is 7.84. The number of nitrogens with zero attached hydrogens (tertiary/aromatic N) is 2. The van der Waals surface area contributed by atoms with Gasteiger partial charge in [0.15, 0.2) is 0 Å². The molecule has 2 aliphatic rings. The summed E-state index contributed by atoms with van der Waals surface area (Å²) in [4.78, 5) is 8.85. The van der Waals surface area contributed by atoms with Crippen LogP contribution >= 0.6 is 0 Å². The second-order valence-corrected chi connectivity index (χ2v) is 5.16. The van der Waals surface area contributed by atoms with E-state index in [4.69, 9.17) is 5.73 Å². The Kier molecular flexibility index (Phi) is 2.64. The molecule has 3 rings (SSSR count). The first kappa shape index (κ1) is 10.2. The van der Waals surface area contributed by atoms with Gasteiger partial charge in [-0.2, -0.15) is 0 Å². The van der Waals surface area contributed by atoms with Gasteiger partial charge in [0.1, 0.15) is 6.33 Å². The van der Waals surface area contributed by atoms with E-state index in [1.54, 1.807) is 6.33 Å². The zero-order valence-corrected chi connectivity index (χ0v) is 9.65. The van der Waals surface area contributed by atoms with Gasteiger partial charge in [0, 0.05) is 23.9 Å². The Bertz CT molecular complexity index is 385. The summed E-state index contributed by atoms with van der Waals surface area (Å²) in [6.07, 6.45) is 10.1. The highest BCUT2D eigenvalue weighted by atomic mass is 14.9. The van der Waals surface area contributed by atoms with Gasteiger partial charge in [0.25, 0.3) is 0 Å². The van der Waals surface area contributed by atoms with Crippen molar-refractivity contribution in [3.05, 3.63) is 23.3 Å². The van der Waals surface area contributed by atoms with E-state index in [1.165, 1.54) is 42.6 Å². The summed E-state index contributed by atoms with van der Waals surface area (Å²) in [6.45, 7) is 0. The Labute approximate surface area is 96.5 Å². The lowest BCUT2D eigenvalue weighted by atomic mass is 9.92. The minimum atomic E-state index is 0.320. The Balaban J connectivity index is 1.82. The standard InChI is InChI=1S/C13H19N3/c14-11(9-5-6-9)7-13-10-3-1-2-4-12(10)15-8-16-13/h8-9,11H,1-7,14H2. The molecule has 0 bridgehead atoms. The molecule has 16 heavy (non-hydrogen) atoms. The number of aromatic nitrogens is 2. The maximum Gasteiger partial charge on any atom is 0.115 e. The molecule has 0 spiro atoms. The van der Waals surface area contributed by atoms with Crippen molar-refractivity contribution < 1.29 is 0 Å². The second kappa shape index (κ2) is 4.13. The topological polar surface area (TPSA) is 51.8 Å². The van der Waals surface area contributed by atoms with Crippen molar-refractivity contribution >= 4 is 0 Å². The van der Waals surface area contributed by atoms with Crippen molar-refractivity contribution in [2.24, 2.45) is 11.7 Å². The minimum absolute atomic E-state index is 0.320. The Morgan fingerprint density at radius 2 is 2.06 bits per heavy atom. The van der Waals surface area contributed by atoms with Gasteiger partial charge < -0.3 is 5.73 Å². The summed E-state index contributed by atoms with van der Waals surface area (Å²) in [5.41, 5.74) is 10.1. The van der Waals surface area contributed by atoms with Crippen molar-refractivity contribution in [1.82, 2.24) is 9.97 Å². The van der Waals surface area contributed by atoms with Gasteiger partial charge in [0.2, 0.25) is 0 Å². The lowest BCUT2D eigenvalue weighted by molar-refractivity contribution is 0.569. The van der Waals surface area contributed by atoms with Gasteiger partial charge in [-0.1, -0.05) is 0 Å². The van der Waals surface area contributed by atoms with Gasteiger partial charge in [-0.05, 0) is 50.0 Å². The molecule has 3 heteroatoms. The maximum absolute atomic E-state index is 6.18. The number of hydrogen-bond acceptors (Lipinski definition) is 3. The molecule has 86 valence electrons. The van der Waals surface area contributed by atoms with Crippen molar-refractivity contribution in [3.8, 4) is 0 Å². The number of fused-ring (bicyclic) bond motifs is 1. The summed E-state index contributed by atoms with van der Waals surface area (Å²) in [7, 11) is 0. The van der Waals surface area contributed by atoms with Crippen molar-refractivity contribution in [2.45, 2.75) is 51.0 Å². The molecule has 1 unspecified atom stereocenters. The predicted molar refractivity (Wildman–Crippen MR) is 63.1 cm³/mol. The van der Waals surface area contributed by atoms with Crippen LogP contribution in [0.1, 0.15) is 42.6 Å². The van der Waals surface area contributed by atoms with Crippen LogP contribution in [0, 0.1) is 5.92 Å². The van der Waals surface area contributed by atoms with Crippen LogP contribution in [0.5, 0.6) is 0 Å². The van der Waals surface area contributed by atoms with Crippen molar-refractivity contribution in [2.75, 3.05) is 0 Å². The van der Waals surface area contributed by atoms with E-state index in [2.05, 4.69) is 9.97 Å². The molecular formula is C13H19N3. The second-order valence-electron chi connectivity index (χ2n) is 5.16. The van der Waals surface area contributed by atoms with Crippen LogP contribution in [0.3, 0.4) is 0 Å². The number of aryl methyl sites for hydroxylation is 1. The van der Waals surface area contributed by atoms with E-state index in [1.807, 2.05) is 0 Å². The summed E-state index contributed by atoms with van der Waals surface area (Å²) >= 11 is 0. The van der Waals surface area contributed by atoms with Crippen LogP contribution in [-0.4, -0.2) is 16.0 Å². The lowest BCUT2D eigenvalue weighted by Crippen LogP contribution is -2.27. The third-order valence-electron chi connectivity index (χ3n) is 3.87. The van der Waals surface area contributed by atoms with Crippen LogP contribution in [0.15, 0.2) is 6.33 Å². The molecule has 1 aromatic rings. The van der Waals surface area contributed by atoms with Crippen LogP contribution in [0.4, 0.5) is 0 Å². The van der Waals surface area contributed by atoms with Crippen molar-refractivity contribution in [3.63, 3.8) is 0 Å². The van der Waals surface area contributed by atoms with Crippen molar-refractivity contribution in [1.29, 1.82) is 0 Å². The summed E-state index contributed by atoms with van der Waals surface area (Å²) in [6, 6.07) is 0.320. The highest BCUT2D eigenvalue weighted by Crippen LogP contribution is 2.33. The average Bonchev–Trinajstić information content (AvgIpc) is 3.13. The highest BCUT2D eigenvalue weighted by Gasteiger charge is 2.29. The molecule has 0 amide bonds. The van der Waals surface area contributed by atoms with Gasteiger partial charge in [0.05, 0.1) is 0 Å². The predicted octanol–water partition coefficient (Wildman–Crippen LogP) is 1.64. The van der Waals surface area contributed by atoms with E-state index in [-0.39, 0.29) is 0 Å². The van der Waals surface area contributed by atoms with Gasteiger partial charge in [-0.3, -0.25) is 0 Å². The van der Waals surface area contributed by atoms with E-state index in [0.29, 0.717) is 6.04 Å². The molecule has 0 saturated heterocycles. The van der Waals surface area contributed by atoms with E-state index >= 15 is 0 Å². The quantitative estimate of drug-likeness (QED) is 0.837. The highest BCUT2D eigenvalue weighted by molar-refractivity contribution is 5.27. The largest absolute Gasteiger partial charge is 0.327 e. The normalized spacial score (nSPS) is 21.6. The van der Waals surface area contributed by atoms with E-state index in [9.17, 15) is 0 Å². The van der Waals surface area contributed by atoms with E-state index < -0.39 is 0 Å². The summed E-state index contributed by atoms with van der Waals surface area (Å²) in [5.74, 6) is 0.759. The van der Waals surface area contributed by atoms with Gasteiger partial charge in [-0.25, -0.2) is 9.97 Å². The number of nitrogens with two attached hydrogens (primary N) is 1. The van der Waals surface area contributed by atoms with Crippen LogP contribution in [-0.2, 0) is 19.3 Å². The third-order valence-corrected chi connectivity index (χ3v) is 3.87. The minimum Gasteiger partial charge on any atom is -0.327 e. The van der Waals surface area contributed by atoms with Gasteiger partial charge in [-0.15, -0.1) is 0 Å². The Morgan fingerprint density at radius 3 is 2.88 bits per heavy atom. The van der Waals surface area contributed by atoms with E-state index in [0.717, 1.165) is 25.2 Å². The molecule has 0 aliphatic heterocycles. The molecule has 1 atom stereocenters. The van der Waals surface area contributed by atoms with Crippen LogP contribution in [0.25, 0.3) is 0 Å². The van der Waals surface area contributed by atoms with Crippen LogP contribution in [0.2, 0.25) is 0 Å². The lowest BCUT2D eigenvalue weighted by Gasteiger charge is -2.19.